The molecule has 3 rings (SSSR count). The number of carboxylic acids is 1. The molecule has 2 atom stereocenters. The van der Waals surface area contributed by atoms with Crippen LogP contribution in [-0.2, 0) is 14.4 Å². The standard InChI is InChI=1S/C25H37N5O6/c1-3-4-5-10-25(2,17-29(36)18-31)24(35)30-12-7-9-20(30)22(32)28-15-13-27(14-16-28)21-19(23(33)34)8-6-11-26-21/h6,8,11,18,20,36H,3-5,7,9-10,12-17H2,1-2H3,(H,33,34)/t20-,25?/m0/s1. The molecule has 0 bridgehead atoms. The summed E-state index contributed by atoms with van der Waals surface area (Å²) < 4.78 is 0. The number of hydrogen-bond acceptors (Lipinski definition) is 7. The Morgan fingerprint density at radius 3 is 2.56 bits per heavy atom. The second kappa shape index (κ2) is 12.2. The fourth-order valence-corrected chi connectivity index (χ4v) is 5.19. The number of carbonyl (C=O) groups is 4. The van der Waals surface area contributed by atoms with E-state index in [1.165, 1.54) is 6.07 Å². The minimum Gasteiger partial charge on any atom is -0.478 e. The summed E-state index contributed by atoms with van der Waals surface area (Å²) in [5, 5.41) is 19.8. The molecule has 0 saturated carbocycles. The average Bonchev–Trinajstić information content (AvgIpc) is 3.37. The number of rotatable bonds is 11. The second-order valence-electron chi connectivity index (χ2n) is 9.87. The molecule has 1 unspecified atom stereocenters. The number of carboxylic acid groups (broad SMARTS) is 1. The van der Waals surface area contributed by atoms with Crippen molar-refractivity contribution in [3.8, 4) is 0 Å². The lowest BCUT2D eigenvalue weighted by atomic mass is 9.82. The van der Waals surface area contributed by atoms with Gasteiger partial charge < -0.3 is 19.8 Å². The van der Waals surface area contributed by atoms with Crippen LogP contribution in [0.3, 0.4) is 0 Å². The number of aromatic carboxylic acids is 1. The zero-order chi connectivity index (χ0) is 26.3. The molecule has 2 N–H and O–H groups in total. The van der Waals surface area contributed by atoms with Crippen LogP contribution in [0.4, 0.5) is 5.82 Å². The highest BCUT2D eigenvalue weighted by molar-refractivity contribution is 5.93. The molecule has 1 aromatic heterocycles. The Balaban J connectivity index is 1.68. The van der Waals surface area contributed by atoms with Gasteiger partial charge in [0.05, 0.1) is 12.0 Å². The smallest absolute Gasteiger partial charge is 0.339 e. The molecular weight excluding hydrogens is 466 g/mol. The highest BCUT2D eigenvalue weighted by atomic mass is 16.5. The zero-order valence-electron chi connectivity index (χ0n) is 21.1. The fourth-order valence-electron chi connectivity index (χ4n) is 5.19. The predicted molar refractivity (Wildman–Crippen MR) is 132 cm³/mol. The van der Waals surface area contributed by atoms with Crippen LogP contribution in [0, 0.1) is 5.41 Å². The van der Waals surface area contributed by atoms with E-state index in [1.807, 2.05) is 4.90 Å². The van der Waals surface area contributed by atoms with Gasteiger partial charge in [0.1, 0.15) is 17.4 Å². The third kappa shape index (κ3) is 6.13. The summed E-state index contributed by atoms with van der Waals surface area (Å²) in [6.45, 7) is 5.84. The van der Waals surface area contributed by atoms with Crippen molar-refractivity contribution in [1.82, 2.24) is 19.8 Å². The van der Waals surface area contributed by atoms with Gasteiger partial charge in [-0.1, -0.05) is 26.2 Å². The van der Waals surface area contributed by atoms with Crippen LogP contribution in [-0.4, -0.2) is 99.7 Å². The third-order valence-electron chi connectivity index (χ3n) is 7.19. The summed E-state index contributed by atoms with van der Waals surface area (Å²) in [7, 11) is 0. The normalized spacial score (nSPS) is 19.6. The maximum absolute atomic E-state index is 13.7. The number of likely N-dealkylation sites (tertiary alicyclic amines) is 1. The molecule has 3 heterocycles. The topological polar surface area (TPSA) is 135 Å². The minimum absolute atomic E-state index is 0.118. The predicted octanol–water partition coefficient (Wildman–Crippen LogP) is 1.85. The molecule has 198 valence electrons. The number of aromatic nitrogens is 1. The lowest BCUT2D eigenvalue weighted by molar-refractivity contribution is -0.166. The van der Waals surface area contributed by atoms with Crippen molar-refractivity contribution in [1.29, 1.82) is 0 Å². The molecule has 0 aliphatic carbocycles. The third-order valence-corrected chi connectivity index (χ3v) is 7.19. The van der Waals surface area contributed by atoms with E-state index in [9.17, 15) is 29.5 Å². The highest BCUT2D eigenvalue weighted by Crippen LogP contribution is 2.32. The Kier molecular flexibility index (Phi) is 9.25. The lowest BCUT2D eigenvalue weighted by Gasteiger charge is -2.40. The summed E-state index contributed by atoms with van der Waals surface area (Å²) in [5.41, 5.74) is -0.862. The number of anilines is 1. The molecule has 11 nitrogen and oxygen atoms in total. The van der Waals surface area contributed by atoms with E-state index in [4.69, 9.17) is 0 Å². The first-order valence-electron chi connectivity index (χ1n) is 12.7. The minimum atomic E-state index is -1.05. The van der Waals surface area contributed by atoms with Gasteiger partial charge in [-0.15, -0.1) is 0 Å². The van der Waals surface area contributed by atoms with Gasteiger partial charge in [0.25, 0.3) is 0 Å². The van der Waals surface area contributed by atoms with Crippen LogP contribution in [0.2, 0.25) is 0 Å². The lowest BCUT2D eigenvalue weighted by Crippen LogP contribution is -2.57. The Labute approximate surface area is 211 Å². The van der Waals surface area contributed by atoms with Gasteiger partial charge in [-0.25, -0.2) is 14.8 Å². The Morgan fingerprint density at radius 1 is 1.19 bits per heavy atom. The quantitative estimate of drug-likeness (QED) is 0.202. The Bertz CT molecular complexity index is 951. The summed E-state index contributed by atoms with van der Waals surface area (Å²) in [6, 6.07) is 2.52. The molecule has 36 heavy (non-hydrogen) atoms. The Morgan fingerprint density at radius 2 is 1.92 bits per heavy atom. The highest BCUT2D eigenvalue weighted by Gasteiger charge is 2.45. The molecular formula is C25H37N5O6. The van der Waals surface area contributed by atoms with Crippen LogP contribution in [0.1, 0.15) is 62.7 Å². The van der Waals surface area contributed by atoms with Crippen LogP contribution in [0.25, 0.3) is 0 Å². The molecule has 0 aromatic carbocycles. The van der Waals surface area contributed by atoms with E-state index in [0.717, 1.165) is 19.3 Å². The van der Waals surface area contributed by atoms with Crippen molar-refractivity contribution in [2.24, 2.45) is 5.41 Å². The van der Waals surface area contributed by atoms with Gasteiger partial charge in [-0.05, 0) is 38.3 Å². The van der Waals surface area contributed by atoms with Crippen LogP contribution in [0.5, 0.6) is 0 Å². The molecule has 2 aliphatic heterocycles. The van der Waals surface area contributed by atoms with Gasteiger partial charge in [0.2, 0.25) is 18.2 Å². The van der Waals surface area contributed by atoms with Gasteiger partial charge >= 0.3 is 5.97 Å². The van der Waals surface area contributed by atoms with Crippen LogP contribution >= 0.6 is 0 Å². The molecule has 2 fully saturated rings. The van der Waals surface area contributed by atoms with Crippen molar-refractivity contribution in [3.05, 3.63) is 23.9 Å². The van der Waals surface area contributed by atoms with Crippen molar-refractivity contribution in [2.45, 2.75) is 58.4 Å². The molecule has 1 aromatic rings. The van der Waals surface area contributed by atoms with Gasteiger partial charge in [0.15, 0.2) is 0 Å². The number of hydrogen-bond donors (Lipinski definition) is 2. The first-order chi connectivity index (χ1) is 17.2. The first-order valence-corrected chi connectivity index (χ1v) is 12.7. The number of nitrogens with zero attached hydrogens (tertiary/aromatic N) is 5. The second-order valence-corrected chi connectivity index (χ2v) is 9.87. The van der Waals surface area contributed by atoms with Crippen molar-refractivity contribution < 1.29 is 29.5 Å². The number of carbonyl (C=O) groups excluding carboxylic acids is 3. The maximum Gasteiger partial charge on any atom is 0.339 e. The summed E-state index contributed by atoms with van der Waals surface area (Å²) in [4.78, 5) is 59.2. The van der Waals surface area contributed by atoms with E-state index in [-0.39, 0.29) is 23.9 Å². The molecule has 11 heteroatoms. The number of pyridine rings is 1. The molecule has 0 spiro atoms. The largest absolute Gasteiger partial charge is 0.478 e. The van der Waals surface area contributed by atoms with Gasteiger partial charge in [-0.2, -0.15) is 0 Å². The van der Waals surface area contributed by atoms with Crippen molar-refractivity contribution in [3.63, 3.8) is 0 Å². The number of amides is 3. The molecule has 0 radical (unpaired) electrons. The van der Waals surface area contributed by atoms with E-state index in [0.29, 0.717) is 69.3 Å². The van der Waals surface area contributed by atoms with Crippen LogP contribution in [0.15, 0.2) is 18.3 Å². The number of piperazine rings is 1. The SMILES string of the molecule is CCCCCC(C)(CN(O)C=O)C(=O)N1CCC[C@H]1C(=O)N1CCN(c2ncccc2C(=O)O)CC1. The van der Waals surface area contributed by atoms with E-state index in [1.54, 1.807) is 29.0 Å². The van der Waals surface area contributed by atoms with Gasteiger partial charge in [0, 0.05) is 38.9 Å². The van der Waals surface area contributed by atoms with E-state index in [2.05, 4.69) is 11.9 Å². The summed E-state index contributed by atoms with van der Waals surface area (Å²) in [5.74, 6) is -0.989. The van der Waals surface area contributed by atoms with Crippen molar-refractivity contribution >= 4 is 30.0 Å². The first kappa shape index (κ1) is 27.4. The molecule has 2 saturated heterocycles. The number of hydroxylamine groups is 2. The van der Waals surface area contributed by atoms with E-state index >= 15 is 0 Å². The average molecular weight is 504 g/mol. The maximum atomic E-state index is 13.7. The monoisotopic (exact) mass is 503 g/mol. The summed E-state index contributed by atoms with van der Waals surface area (Å²) in [6.07, 6.45) is 6.33. The van der Waals surface area contributed by atoms with Crippen LogP contribution < -0.4 is 4.90 Å². The van der Waals surface area contributed by atoms with E-state index < -0.39 is 17.4 Å². The summed E-state index contributed by atoms with van der Waals surface area (Å²) >= 11 is 0. The van der Waals surface area contributed by atoms with Gasteiger partial charge in [-0.3, -0.25) is 19.6 Å². The zero-order valence-corrected chi connectivity index (χ0v) is 21.1. The number of unbranched alkanes of at least 4 members (excludes halogenated alkanes) is 2. The molecule has 2 aliphatic rings. The Hall–Kier alpha value is -3.21. The molecule has 3 amide bonds. The fraction of sp³-hybridized carbons (Fsp3) is 0.640. The van der Waals surface area contributed by atoms with Crippen molar-refractivity contribution in [2.75, 3.05) is 44.2 Å².